The second-order valence-corrected chi connectivity index (χ2v) is 4.67. The number of rotatable bonds is 4. The third kappa shape index (κ3) is 3.53. The maximum Gasteiger partial charge on any atom is 0.157 e. The van der Waals surface area contributed by atoms with Crippen molar-refractivity contribution in [1.82, 2.24) is 0 Å². The molecule has 1 aromatic rings. The van der Waals surface area contributed by atoms with E-state index in [1.165, 1.54) is 5.56 Å². The van der Waals surface area contributed by atoms with E-state index in [9.17, 15) is 0 Å². The summed E-state index contributed by atoms with van der Waals surface area (Å²) < 4.78 is 11.1. The monoisotopic (exact) mass is 235 g/mol. The average molecular weight is 235 g/mol. The van der Waals surface area contributed by atoms with Gasteiger partial charge < -0.3 is 15.2 Å². The van der Waals surface area contributed by atoms with Crippen molar-refractivity contribution < 1.29 is 9.47 Å². The van der Waals surface area contributed by atoms with Gasteiger partial charge in [-0.15, -0.1) is 0 Å². The molecule has 0 bridgehead atoms. The molecule has 3 heteroatoms. The van der Waals surface area contributed by atoms with Crippen LogP contribution in [0.3, 0.4) is 0 Å². The van der Waals surface area contributed by atoms with E-state index in [1.807, 2.05) is 18.2 Å². The molecule has 0 aliphatic carbocycles. The Bertz CT molecular complexity index is 322. The molecular weight excluding hydrogens is 214 g/mol. The quantitative estimate of drug-likeness (QED) is 0.872. The fourth-order valence-electron chi connectivity index (χ4n) is 2.13. The molecule has 0 aromatic heterocycles. The molecule has 1 saturated heterocycles. The van der Waals surface area contributed by atoms with Gasteiger partial charge in [-0.2, -0.15) is 0 Å². The lowest BCUT2D eigenvalue weighted by Crippen LogP contribution is -2.30. The SMILES string of the molecule is C[C@@H](CC1OCCCO1)[C@@H](N)c1ccccc1. The summed E-state index contributed by atoms with van der Waals surface area (Å²) in [7, 11) is 0. The first kappa shape index (κ1) is 12.6. The van der Waals surface area contributed by atoms with Gasteiger partial charge in [-0.25, -0.2) is 0 Å². The zero-order valence-corrected chi connectivity index (χ0v) is 10.3. The van der Waals surface area contributed by atoms with Gasteiger partial charge in [0, 0.05) is 12.5 Å². The van der Waals surface area contributed by atoms with Crippen LogP contribution >= 0.6 is 0 Å². The van der Waals surface area contributed by atoms with Gasteiger partial charge in [0.05, 0.1) is 13.2 Å². The van der Waals surface area contributed by atoms with Gasteiger partial charge in [0.15, 0.2) is 6.29 Å². The molecule has 0 spiro atoms. The Hall–Kier alpha value is -0.900. The van der Waals surface area contributed by atoms with Crippen LogP contribution in [-0.2, 0) is 9.47 Å². The minimum Gasteiger partial charge on any atom is -0.353 e. The van der Waals surface area contributed by atoms with Gasteiger partial charge in [-0.1, -0.05) is 37.3 Å². The molecule has 0 saturated carbocycles. The summed E-state index contributed by atoms with van der Waals surface area (Å²) in [6.07, 6.45) is 1.78. The fraction of sp³-hybridized carbons (Fsp3) is 0.571. The Labute approximate surface area is 103 Å². The molecule has 1 aromatic carbocycles. The minimum atomic E-state index is -0.0755. The van der Waals surface area contributed by atoms with Crippen molar-refractivity contribution in [2.24, 2.45) is 11.7 Å². The molecule has 0 amide bonds. The highest BCUT2D eigenvalue weighted by atomic mass is 16.7. The van der Waals surface area contributed by atoms with Crippen molar-refractivity contribution in [2.75, 3.05) is 13.2 Å². The normalized spacial score (nSPS) is 21.1. The number of nitrogens with two attached hydrogens (primary N) is 1. The third-order valence-electron chi connectivity index (χ3n) is 3.26. The van der Waals surface area contributed by atoms with Gasteiger partial charge in [-0.05, 0) is 17.9 Å². The number of hydrogen-bond donors (Lipinski definition) is 1. The van der Waals surface area contributed by atoms with E-state index in [2.05, 4.69) is 19.1 Å². The maximum atomic E-state index is 6.24. The van der Waals surface area contributed by atoms with Crippen LogP contribution in [0.25, 0.3) is 0 Å². The maximum absolute atomic E-state index is 6.24. The van der Waals surface area contributed by atoms with Crippen LogP contribution in [0.5, 0.6) is 0 Å². The molecule has 17 heavy (non-hydrogen) atoms. The molecular formula is C14H21NO2. The van der Waals surface area contributed by atoms with Crippen LogP contribution in [0.2, 0.25) is 0 Å². The largest absolute Gasteiger partial charge is 0.353 e. The summed E-state index contributed by atoms with van der Waals surface area (Å²) in [5.74, 6) is 0.348. The molecule has 1 aliphatic heterocycles. The molecule has 1 heterocycles. The lowest BCUT2D eigenvalue weighted by molar-refractivity contribution is -0.186. The summed E-state index contributed by atoms with van der Waals surface area (Å²) >= 11 is 0. The van der Waals surface area contributed by atoms with Crippen LogP contribution < -0.4 is 5.73 Å². The van der Waals surface area contributed by atoms with E-state index in [-0.39, 0.29) is 12.3 Å². The predicted molar refractivity (Wildman–Crippen MR) is 67.5 cm³/mol. The average Bonchev–Trinajstić information content (AvgIpc) is 2.40. The van der Waals surface area contributed by atoms with Crippen LogP contribution in [0, 0.1) is 5.92 Å². The van der Waals surface area contributed by atoms with Crippen LogP contribution in [0.1, 0.15) is 31.4 Å². The first-order chi connectivity index (χ1) is 8.27. The van der Waals surface area contributed by atoms with Crippen LogP contribution in [0.15, 0.2) is 30.3 Å². The molecule has 2 atom stereocenters. The second kappa shape index (κ2) is 6.15. The highest BCUT2D eigenvalue weighted by Gasteiger charge is 2.22. The Morgan fingerprint density at radius 3 is 2.53 bits per heavy atom. The molecule has 1 aliphatic rings. The van der Waals surface area contributed by atoms with Gasteiger partial charge in [0.25, 0.3) is 0 Å². The Balaban J connectivity index is 1.88. The van der Waals surface area contributed by atoms with Crippen molar-refractivity contribution in [3.05, 3.63) is 35.9 Å². The molecule has 2 N–H and O–H groups in total. The molecule has 2 rings (SSSR count). The molecule has 0 unspecified atom stereocenters. The lowest BCUT2D eigenvalue weighted by atomic mass is 9.92. The third-order valence-corrected chi connectivity index (χ3v) is 3.26. The van der Waals surface area contributed by atoms with Crippen molar-refractivity contribution in [3.63, 3.8) is 0 Å². The first-order valence-electron chi connectivity index (χ1n) is 6.31. The summed E-state index contributed by atoms with van der Waals surface area (Å²) in [4.78, 5) is 0. The molecule has 3 nitrogen and oxygen atoms in total. The van der Waals surface area contributed by atoms with E-state index in [0.717, 1.165) is 26.1 Å². The molecule has 1 fully saturated rings. The van der Waals surface area contributed by atoms with Gasteiger partial charge in [-0.3, -0.25) is 0 Å². The number of benzene rings is 1. The van der Waals surface area contributed by atoms with Crippen LogP contribution in [0.4, 0.5) is 0 Å². The Morgan fingerprint density at radius 2 is 1.88 bits per heavy atom. The van der Waals surface area contributed by atoms with Crippen molar-refractivity contribution in [2.45, 2.75) is 32.1 Å². The van der Waals surface area contributed by atoms with Crippen molar-refractivity contribution >= 4 is 0 Å². The minimum absolute atomic E-state index is 0.0466. The van der Waals surface area contributed by atoms with Crippen molar-refractivity contribution in [1.29, 1.82) is 0 Å². The van der Waals surface area contributed by atoms with E-state index >= 15 is 0 Å². The summed E-state index contributed by atoms with van der Waals surface area (Å²) in [6.45, 7) is 3.76. The lowest BCUT2D eigenvalue weighted by Gasteiger charge is -2.28. The summed E-state index contributed by atoms with van der Waals surface area (Å²) in [6, 6.07) is 10.2. The summed E-state index contributed by atoms with van der Waals surface area (Å²) in [5.41, 5.74) is 7.42. The zero-order valence-electron chi connectivity index (χ0n) is 10.3. The van der Waals surface area contributed by atoms with E-state index in [0.29, 0.717) is 5.92 Å². The molecule has 0 radical (unpaired) electrons. The van der Waals surface area contributed by atoms with Gasteiger partial charge >= 0.3 is 0 Å². The highest BCUT2D eigenvalue weighted by Crippen LogP contribution is 2.25. The summed E-state index contributed by atoms with van der Waals surface area (Å²) in [5, 5.41) is 0. The predicted octanol–water partition coefficient (Wildman–Crippen LogP) is 2.48. The first-order valence-corrected chi connectivity index (χ1v) is 6.31. The van der Waals surface area contributed by atoms with Crippen molar-refractivity contribution in [3.8, 4) is 0 Å². The standard InChI is InChI=1S/C14H21NO2/c1-11(10-13-16-8-5-9-17-13)14(15)12-6-3-2-4-7-12/h2-4,6-7,11,13-14H,5,8-10,15H2,1H3/t11-,14+/m0/s1. The number of hydrogen-bond acceptors (Lipinski definition) is 3. The van der Waals surface area contributed by atoms with Crippen LogP contribution in [-0.4, -0.2) is 19.5 Å². The Kier molecular flexibility index (Phi) is 4.54. The van der Waals surface area contributed by atoms with E-state index in [4.69, 9.17) is 15.2 Å². The van der Waals surface area contributed by atoms with E-state index in [1.54, 1.807) is 0 Å². The van der Waals surface area contributed by atoms with Gasteiger partial charge in [0.1, 0.15) is 0 Å². The topological polar surface area (TPSA) is 44.5 Å². The Morgan fingerprint density at radius 1 is 1.24 bits per heavy atom. The highest BCUT2D eigenvalue weighted by molar-refractivity contribution is 5.18. The fourth-order valence-corrected chi connectivity index (χ4v) is 2.13. The second-order valence-electron chi connectivity index (χ2n) is 4.67. The smallest absolute Gasteiger partial charge is 0.157 e. The van der Waals surface area contributed by atoms with Gasteiger partial charge in [0.2, 0.25) is 0 Å². The molecule has 94 valence electrons. The number of ether oxygens (including phenoxy) is 2. The van der Waals surface area contributed by atoms with E-state index < -0.39 is 0 Å². The zero-order chi connectivity index (χ0) is 12.1.